The van der Waals surface area contributed by atoms with Crippen molar-refractivity contribution < 1.29 is 0 Å². The summed E-state index contributed by atoms with van der Waals surface area (Å²) < 4.78 is 0. The fourth-order valence-electron chi connectivity index (χ4n) is 2.64. The first kappa shape index (κ1) is 20.6. The molecule has 140 valence electrons. The Labute approximate surface area is 164 Å². The lowest BCUT2D eigenvalue weighted by Crippen LogP contribution is -2.12. The molecule has 0 unspecified atom stereocenters. The van der Waals surface area contributed by atoms with Crippen LogP contribution in [0.15, 0.2) is 70.6 Å². The van der Waals surface area contributed by atoms with E-state index < -0.39 is 0 Å². The minimum absolute atomic E-state index is 0.801. The zero-order valence-electron chi connectivity index (χ0n) is 16.6. The van der Waals surface area contributed by atoms with Crippen LogP contribution in [-0.2, 0) is 0 Å². The summed E-state index contributed by atoms with van der Waals surface area (Å²) in [5, 5.41) is 0. The van der Waals surface area contributed by atoms with Crippen molar-refractivity contribution in [2.75, 3.05) is 0 Å². The van der Waals surface area contributed by atoms with Crippen molar-refractivity contribution in [3.05, 3.63) is 60.7 Å². The molecule has 0 fully saturated rings. The van der Waals surface area contributed by atoms with Crippen molar-refractivity contribution in [1.29, 1.82) is 0 Å². The maximum atomic E-state index is 4.89. The Kier molecular flexibility index (Phi) is 9.68. The zero-order valence-corrected chi connectivity index (χ0v) is 16.6. The van der Waals surface area contributed by atoms with Gasteiger partial charge in [0, 0.05) is 6.42 Å². The average Bonchev–Trinajstić information content (AvgIpc) is 2.71. The van der Waals surface area contributed by atoms with Crippen molar-refractivity contribution >= 4 is 22.8 Å². The third-order valence-electron chi connectivity index (χ3n) is 4.17. The van der Waals surface area contributed by atoms with E-state index in [-0.39, 0.29) is 0 Å². The predicted molar refractivity (Wildman–Crippen MR) is 119 cm³/mol. The third kappa shape index (κ3) is 8.05. The van der Waals surface area contributed by atoms with Crippen LogP contribution in [0.1, 0.15) is 58.8 Å². The molecule has 0 N–H and O–H groups in total. The number of benzene rings is 2. The van der Waals surface area contributed by atoms with Crippen LogP contribution in [-0.4, -0.2) is 11.4 Å². The highest BCUT2D eigenvalue weighted by atomic mass is 14.8. The van der Waals surface area contributed by atoms with E-state index in [0.717, 1.165) is 54.9 Å². The monoisotopic (exact) mass is 358 g/mol. The van der Waals surface area contributed by atoms with Gasteiger partial charge in [0.05, 0.1) is 17.1 Å². The van der Waals surface area contributed by atoms with E-state index in [1.54, 1.807) is 0 Å². The largest absolute Gasteiger partial charge is 0.251 e. The van der Waals surface area contributed by atoms with Gasteiger partial charge in [-0.2, -0.15) is 0 Å². The number of para-hydroxylation sites is 2. The van der Waals surface area contributed by atoms with Gasteiger partial charge in [0.15, 0.2) is 0 Å². The second-order valence-electron chi connectivity index (χ2n) is 6.55. The van der Waals surface area contributed by atoms with Gasteiger partial charge in [-0.05, 0) is 49.4 Å². The van der Waals surface area contributed by atoms with Crippen LogP contribution in [0.2, 0.25) is 0 Å². The van der Waals surface area contributed by atoms with E-state index in [2.05, 4.69) is 25.7 Å². The highest BCUT2D eigenvalue weighted by Crippen LogP contribution is 2.16. The summed E-state index contributed by atoms with van der Waals surface area (Å²) >= 11 is 0. The van der Waals surface area contributed by atoms with Gasteiger partial charge in [-0.25, -0.2) is 4.99 Å². The van der Waals surface area contributed by atoms with E-state index in [9.17, 15) is 0 Å². The van der Waals surface area contributed by atoms with E-state index in [1.165, 1.54) is 12.8 Å². The topological polar surface area (TPSA) is 24.7 Å². The normalized spacial score (nSPS) is 11.8. The molecule has 0 heterocycles. The van der Waals surface area contributed by atoms with Crippen LogP contribution in [0, 0.1) is 11.8 Å². The van der Waals surface area contributed by atoms with Gasteiger partial charge in [0.25, 0.3) is 0 Å². The van der Waals surface area contributed by atoms with Crippen molar-refractivity contribution in [3.63, 3.8) is 0 Å². The second-order valence-corrected chi connectivity index (χ2v) is 6.55. The molecule has 0 amide bonds. The number of unbranched alkanes of at least 4 members (excludes halogenated alkanes) is 4. The van der Waals surface area contributed by atoms with E-state index in [1.807, 2.05) is 60.7 Å². The highest BCUT2D eigenvalue weighted by molar-refractivity contribution is 6.49. The van der Waals surface area contributed by atoms with E-state index in [0.29, 0.717) is 0 Å². The molecule has 2 rings (SSSR count). The highest BCUT2D eigenvalue weighted by Gasteiger charge is 2.08. The molecule has 27 heavy (non-hydrogen) atoms. The molecule has 0 aliphatic heterocycles. The van der Waals surface area contributed by atoms with E-state index >= 15 is 0 Å². The van der Waals surface area contributed by atoms with Gasteiger partial charge in [-0.3, -0.25) is 4.99 Å². The Morgan fingerprint density at radius 2 is 1.33 bits per heavy atom. The molecule has 0 saturated heterocycles. The van der Waals surface area contributed by atoms with Crippen LogP contribution < -0.4 is 0 Å². The Morgan fingerprint density at radius 3 is 1.93 bits per heavy atom. The van der Waals surface area contributed by atoms with Crippen molar-refractivity contribution in [3.8, 4) is 11.8 Å². The van der Waals surface area contributed by atoms with Crippen LogP contribution in [0.25, 0.3) is 0 Å². The van der Waals surface area contributed by atoms with Crippen LogP contribution in [0.5, 0.6) is 0 Å². The van der Waals surface area contributed by atoms with Gasteiger partial charge in [0.1, 0.15) is 5.71 Å². The summed E-state index contributed by atoms with van der Waals surface area (Å²) in [5.74, 6) is 6.65. The Hall–Kier alpha value is -2.66. The molecule has 0 bridgehead atoms. The molecule has 0 radical (unpaired) electrons. The average molecular weight is 359 g/mol. The maximum Gasteiger partial charge on any atom is 0.135 e. The zero-order chi connectivity index (χ0) is 19.2. The fourth-order valence-corrected chi connectivity index (χ4v) is 2.64. The minimum Gasteiger partial charge on any atom is -0.251 e. The Bertz CT molecular complexity index is 777. The fraction of sp³-hybridized carbons (Fsp3) is 0.360. The Morgan fingerprint density at radius 1 is 0.741 bits per heavy atom. The molecule has 0 aromatic heterocycles. The maximum absolute atomic E-state index is 4.89. The first-order chi connectivity index (χ1) is 13.3. The molecule has 2 aromatic rings. The number of hydrogen-bond donors (Lipinski definition) is 0. The SMILES string of the molecule is CCCCCC#CC(=Nc1ccccc1)C(CCCC)=Nc1ccccc1. The number of aliphatic imine (C=N–C) groups is 2. The standard InChI is InChI=1S/C25H30N2/c1-3-5-7-8-15-21-25(27-23-18-13-10-14-19-23)24(20-6-4-2)26-22-16-11-9-12-17-22/h9-14,16-19H,3-8,20H2,1-2H3. The lowest BCUT2D eigenvalue weighted by atomic mass is 10.1. The summed E-state index contributed by atoms with van der Waals surface area (Å²) in [5.41, 5.74) is 3.66. The number of rotatable bonds is 9. The second kappa shape index (κ2) is 12.7. The first-order valence-electron chi connectivity index (χ1n) is 10.1. The molecular formula is C25H30N2. The lowest BCUT2D eigenvalue weighted by Gasteiger charge is -2.06. The van der Waals surface area contributed by atoms with Crippen LogP contribution in [0.4, 0.5) is 11.4 Å². The van der Waals surface area contributed by atoms with Crippen LogP contribution in [0.3, 0.4) is 0 Å². The molecule has 0 atom stereocenters. The number of nitrogens with zero attached hydrogens (tertiary/aromatic N) is 2. The van der Waals surface area contributed by atoms with Gasteiger partial charge < -0.3 is 0 Å². The molecule has 0 saturated carbocycles. The van der Waals surface area contributed by atoms with Gasteiger partial charge >= 0.3 is 0 Å². The summed E-state index contributed by atoms with van der Waals surface area (Å²) in [6.07, 6.45) is 7.58. The molecule has 2 nitrogen and oxygen atoms in total. The third-order valence-corrected chi connectivity index (χ3v) is 4.17. The van der Waals surface area contributed by atoms with Crippen molar-refractivity contribution in [1.82, 2.24) is 0 Å². The first-order valence-corrected chi connectivity index (χ1v) is 10.1. The molecular weight excluding hydrogens is 328 g/mol. The molecule has 0 aliphatic carbocycles. The van der Waals surface area contributed by atoms with Gasteiger partial charge in [-0.1, -0.05) is 75.4 Å². The van der Waals surface area contributed by atoms with Gasteiger partial charge in [0.2, 0.25) is 0 Å². The van der Waals surface area contributed by atoms with Crippen molar-refractivity contribution in [2.24, 2.45) is 9.98 Å². The summed E-state index contributed by atoms with van der Waals surface area (Å²) in [6.45, 7) is 4.41. The van der Waals surface area contributed by atoms with Crippen molar-refractivity contribution in [2.45, 2.75) is 58.8 Å². The van der Waals surface area contributed by atoms with E-state index in [4.69, 9.17) is 9.98 Å². The minimum atomic E-state index is 0.801. The van der Waals surface area contributed by atoms with Gasteiger partial charge in [-0.15, -0.1) is 0 Å². The summed E-state index contributed by atoms with van der Waals surface area (Å²) in [6, 6.07) is 20.1. The molecule has 2 heteroatoms. The lowest BCUT2D eigenvalue weighted by molar-refractivity contribution is 0.737. The quantitative estimate of drug-likeness (QED) is 0.255. The predicted octanol–water partition coefficient (Wildman–Crippen LogP) is 7.31. The molecule has 2 aromatic carbocycles. The molecule has 0 spiro atoms. The number of hydrogen-bond acceptors (Lipinski definition) is 2. The summed E-state index contributed by atoms with van der Waals surface area (Å²) in [4.78, 5) is 9.73. The summed E-state index contributed by atoms with van der Waals surface area (Å²) in [7, 11) is 0. The van der Waals surface area contributed by atoms with Crippen LogP contribution >= 0.6 is 0 Å². The molecule has 0 aliphatic rings. The smallest absolute Gasteiger partial charge is 0.135 e. The Balaban J connectivity index is 2.36.